The first kappa shape index (κ1) is 7.58. The predicted molar refractivity (Wildman–Crippen MR) is 40.5 cm³/mol. The second kappa shape index (κ2) is 2.60. The van der Waals surface area contributed by atoms with Crippen LogP contribution in [0.25, 0.3) is 0 Å². The molecule has 0 aliphatic carbocycles. The molecule has 1 saturated heterocycles. The molecule has 1 aliphatic heterocycles. The zero-order valence-electron chi connectivity index (χ0n) is 6.85. The van der Waals surface area contributed by atoms with Gasteiger partial charge in [-0.2, -0.15) is 0 Å². The lowest BCUT2D eigenvalue weighted by Gasteiger charge is -2.15. The van der Waals surface area contributed by atoms with Gasteiger partial charge >= 0.3 is 0 Å². The maximum atomic E-state index is 11.1. The fraction of sp³-hybridized carbons (Fsp3) is 0.875. The molecule has 2 atom stereocenters. The summed E-state index contributed by atoms with van der Waals surface area (Å²) in [5.41, 5.74) is 0. The number of nitrogens with one attached hydrogen (secondary N) is 1. The topological polar surface area (TPSA) is 29.1 Å². The average Bonchev–Trinajstić information content (AvgIpc) is 2.11. The van der Waals surface area contributed by atoms with Gasteiger partial charge in [0.25, 0.3) is 0 Å². The third kappa shape index (κ3) is 1.15. The van der Waals surface area contributed by atoms with Crippen molar-refractivity contribution in [2.24, 2.45) is 17.8 Å². The van der Waals surface area contributed by atoms with E-state index >= 15 is 0 Å². The molecule has 0 aromatic carbocycles. The number of rotatable bonds is 1. The van der Waals surface area contributed by atoms with Gasteiger partial charge in [-0.15, -0.1) is 0 Å². The number of carbonyl (C=O) groups is 1. The molecule has 0 aromatic heterocycles. The van der Waals surface area contributed by atoms with Crippen molar-refractivity contribution >= 4 is 5.91 Å². The van der Waals surface area contributed by atoms with Crippen LogP contribution in [0.5, 0.6) is 0 Å². The van der Waals surface area contributed by atoms with Gasteiger partial charge in [0.15, 0.2) is 0 Å². The van der Waals surface area contributed by atoms with E-state index in [0.29, 0.717) is 11.8 Å². The minimum atomic E-state index is 0.238. The van der Waals surface area contributed by atoms with Crippen molar-refractivity contribution in [3.8, 4) is 0 Å². The fourth-order valence-electron chi connectivity index (χ4n) is 1.72. The Balaban J connectivity index is 2.63. The van der Waals surface area contributed by atoms with Crippen molar-refractivity contribution < 1.29 is 4.79 Å². The SMILES string of the molecule is CC(C)[C@H]1C(=O)NC[C@H]1C. The lowest BCUT2D eigenvalue weighted by molar-refractivity contribution is -0.124. The molecule has 58 valence electrons. The maximum Gasteiger partial charge on any atom is 0.223 e. The fourth-order valence-corrected chi connectivity index (χ4v) is 1.72. The molecule has 1 N–H and O–H groups in total. The van der Waals surface area contributed by atoms with E-state index in [9.17, 15) is 4.79 Å². The smallest absolute Gasteiger partial charge is 0.223 e. The molecule has 1 rings (SSSR count). The summed E-state index contributed by atoms with van der Waals surface area (Å²) in [5, 5.41) is 2.86. The first-order chi connectivity index (χ1) is 4.63. The van der Waals surface area contributed by atoms with Crippen LogP contribution in [0.15, 0.2) is 0 Å². The van der Waals surface area contributed by atoms with Crippen LogP contribution in [0, 0.1) is 17.8 Å². The van der Waals surface area contributed by atoms with Crippen molar-refractivity contribution in [3.63, 3.8) is 0 Å². The van der Waals surface area contributed by atoms with E-state index in [4.69, 9.17) is 0 Å². The Morgan fingerprint density at radius 3 is 2.40 bits per heavy atom. The Labute approximate surface area is 62.0 Å². The summed E-state index contributed by atoms with van der Waals surface area (Å²) in [5.74, 6) is 1.49. The second-order valence-corrected chi connectivity index (χ2v) is 3.49. The van der Waals surface area contributed by atoms with Crippen molar-refractivity contribution in [1.82, 2.24) is 5.32 Å². The van der Waals surface area contributed by atoms with Gasteiger partial charge < -0.3 is 5.32 Å². The van der Waals surface area contributed by atoms with Gasteiger partial charge in [0.05, 0.1) is 0 Å². The molecule has 1 heterocycles. The number of hydrogen-bond donors (Lipinski definition) is 1. The van der Waals surface area contributed by atoms with Crippen LogP contribution in [-0.4, -0.2) is 12.5 Å². The highest BCUT2D eigenvalue weighted by molar-refractivity contribution is 5.81. The van der Waals surface area contributed by atoms with Crippen molar-refractivity contribution in [1.29, 1.82) is 0 Å². The zero-order valence-corrected chi connectivity index (χ0v) is 6.85. The molecule has 2 nitrogen and oxygen atoms in total. The van der Waals surface area contributed by atoms with Crippen LogP contribution in [0.2, 0.25) is 0 Å². The van der Waals surface area contributed by atoms with Gasteiger partial charge in [-0.25, -0.2) is 0 Å². The Hall–Kier alpha value is -0.530. The Morgan fingerprint density at radius 1 is 1.60 bits per heavy atom. The van der Waals surface area contributed by atoms with Crippen LogP contribution in [0.4, 0.5) is 0 Å². The maximum absolute atomic E-state index is 11.1. The predicted octanol–water partition coefficient (Wildman–Crippen LogP) is 1.02. The van der Waals surface area contributed by atoms with Crippen LogP contribution in [0.1, 0.15) is 20.8 Å². The Kier molecular flexibility index (Phi) is 1.97. The van der Waals surface area contributed by atoms with Crippen molar-refractivity contribution in [2.45, 2.75) is 20.8 Å². The van der Waals surface area contributed by atoms with Gasteiger partial charge in [-0.05, 0) is 11.8 Å². The molecule has 1 aliphatic rings. The number of amides is 1. The molecule has 10 heavy (non-hydrogen) atoms. The summed E-state index contributed by atoms with van der Waals surface area (Å²) in [4.78, 5) is 11.1. The number of carbonyl (C=O) groups excluding carboxylic acids is 1. The van der Waals surface area contributed by atoms with Crippen LogP contribution >= 0.6 is 0 Å². The van der Waals surface area contributed by atoms with E-state index in [1.807, 2.05) is 0 Å². The molecule has 0 bridgehead atoms. The van der Waals surface area contributed by atoms with Crippen molar-refractivity contribution in [2.75, 3.05) is 6.54 Å². The lowest BCUT2D eigenvalue weighted by Crippen LogP contribution is -2.23. The average molecular weight is 141 g/mol. The molecule has 1 fully saturated rings. The summed E-state index contributed by atoms with van der Waals surface area (Å²) in [7, 11) is 0. The Morgan fingerprint density at radius 2 is 2.20 bits per heavy atom. The summed E-state index contributed by atoms with van der Waals surface area (Å²) in [6.07, 6.45) is 0. The molecule has 0 unspecified atom stereocenters. The van der Waals surface area contributed by atoms with E-state index in [2.05, 4.69) is 26.1 Å². The van der Waals surface area contributed by atoms with Crippen LogP contribution < -0.4 is 5.32 Å². The molecule has 2 heteroatoms. The molecule has 0 saturated carbocycles. The summed E-state index contributed by atoms with van der Waals surface area (Å²) in [6, 6.07) is 0. The van der Waals surface area contributed by atoms with Crippen LogP contribution in [0.3, 0.4) is 0 Å². The minimum absolute atomic E-state index is 0.238. The highest BCUT2D eigenvalue weighted by Crippen LogP contribution is 2.24. The van der Waals surface area contributed by atoms with Gasteiger partial charge in [-0.3, -0.25) is 4.79 Å². The highest BCUT2D eigenvalue weighted by Gasteiger charge is 2.33. The van der Waals surface area contributed by atoms with E-state index in [1.165, 1.54) is 0 Å². The first-order valence-corrected chi connectivity index (χ1v) is 3.90. The monoisotopic (exact) mass is 141 g/mol. The van der Waals surface area contributed by atoms with Gasteiger partial charge in [-0.1, -0.05) is 20.8 Å². The summed E-state index contributed by atoms with van der Waals surface area (Å²) in [6.45, 7) is 7.20. The molecular weight excluding hydrogens is 126 g/mol. The standard InChI is InChI=1S/C8H15NO/c1-5(2)7-6(3)4-9-8(7)10/h5-7H,4H2,1-3H3,(H,9,10)/t6-,7-/m1/s1. The number of hydrogen-bond acceptors (Lipinski definition) is 1. The van der Waals surface area contributed by atoms with E-state index in [-0.39, 0.29) is 11.8 Å². The minimum Gasteiger partial charge on any atom is -0.356 e. The quantitative estimate of drug-likeness (QED) is 0.580. The van der Waals surface area contributed by atoms with Crippen LogP contribution in [-0.2, 0) is 4.79 Å². The van der Waals surface area contributed by atoms with Gasteiger partial charge in [0.1, 0.15) is 0 Å². The van der Waals surface area contributed by atoms with Gasteiger partial charge in [0.2, 0.25) is 5.91 Å². The first-order valence-electron chi connectivity index (χ1n) is 3.90. The zero-order chi connectivity index (χ0) is 7.72. The largest absolute Gasteiger partial charge is 0.356 e. The molecule has 0 radical (unpaired) electrons. The van der Waals surface area contributed by atoms with Gasteiger partial charge in [0, 0.05) is 12.5 Å². The molecule has 1 amide bonds. The molecule has 0 spiro atoms. The third-order valence-electron chi connectivity index (χ3n) is 2.23. The molecular formula is C8H15NO. The summed E-state index contributed by atoms with van der Waals surface area (Å²) < 4.78 is 0. The van der Waals surface area contributed by atoms with E-state index in [1.54, 1.807) is 0 Å². The van der Waals surface area contributed by atoms with E-state index in [0.717, 1.165) is 6.54 Å². The highest BCUT2D eigenvalue weighted by atomic mass is 16.2. The van der Waals surface area contributed by atoms with Crippen molar-refractivity contribution in [3.05, 3.63) is 0 Å². The Bertz CT molecular complexity index is 142. The van der Waals surface area contributed by atoms with E-state index < -0.39 is 0 Å². The second-order valence-electron chi connectivity index (χ2n) is 3.49. The third-order valence-corrected chi connectivity index (χ3v) is 2.23. The normalized spacial score (nSPS) is 33.0. The molecule has 0 aromatic rings. The lowest BCUT2D eigenvalue weighted by atomic mass is 9.87. The summed E-state index contributed by atoms with van der Waals surface area (Å²) >= 11 is 0.